The summed E-state index contributed by atoms with van der Waals surface area (Å²) >= 11 is 2.94. The van der Waals surface area contributed by atoms with E-state index in [9.17, 15) is 9.18 Å². The molecule has 0 unspecified atom stereocenters. The van der Waals surface area contributed by atoms with Gasteiger partial charge in [-0.05, 0) is 49.9 Å². The molecule has 0 fully saturated rings. The van der Waals surface area contributed by atoms with Gasteiger partial charge in [0.05, 0.1) is 11.3 Å². The Labute approximate surface area is 147 Å². The van der Waals surface area contributed by atoms with E-state index >= 15 is 0 Å². The number of carbonyl (C=O) groups excluding carboxylic acids is 1. The molecule has 0 bridgehead atoms. The molecule has 0 aliphatic heterocycles. The fourth-order valence-electron chi connectivity index (χ4n) is 2.28. The number of nitrogens with one attached hydrogen (secondary N) is 1. The van der Waals surface area contributed by atoms with Gasteiger partial charge in [-0.1, -0.05) is 0 Å². The number of imidazole rings is 1. The number of rotatable bonds is 4. The highest BCUT2D eigenvalue weighted by molar-refractivity contribution is 7.99. The minimum Gasteiger partial charge on any atom is -0.329 e. The Bertz CT molecular complexity index is 901. The minimum absolute atomic E-state index is 0.232. The highest BCUT2D eigenvalue weighted by Gasteiger charge is 2.16. The maximum atomic E-state index is 13.7. The van der Waals surface area contributed by atoms with Crippen molar-refractivity contribution in [3.8, 4) is 0 Å². The van der Waals surface area contributed by atoms with Crippen molar-refractivity contribution in [3.05, 3.63) is 57.8 Å². The monoisotopic (exact) mass is 361 g/mol. The van der Waals surface area contributed by atoms with Crippen LogP contribution in [-0.4, -0.2) is 15.5 Å². The van der Waals surface area contributed by atoms with Crippen LogP contribution in [0.3, 0.4) is 0 Å². The van der Waals surface area contributed by atoms with Gasteiger partial charge in [0.15, 0.2) is 5.16 Å². The molecule has 2 aromatic heterocycles. The summed E-state index contributed by atoms with van der Waals surface area (Å²) in [6.45, 7) is 3.86. The molecular formula is C17H16FN3OS2. The zero-order valence-corrected chi connectivity index (χ0v) is 15.1. The molecule has 24 heavy (non-hydrogen) atoms. The summed E-state index contributed by atoms with van der Waals surface area (Å²) in [6.07, 6.45) is 3.53. The number of halogens is 1. The van der Waals surface area contributed by atoms with Gasteiger partial charge in [0.25, 0.3) is 5.91 Å². The molecule has 0 aliphatic carbocycles. The average Bonchev–Trinajstić information content (AvgIpc) is 3.07. The summed E-state index contributed by atoms with van der Waals surface area (Å²) < 4.78 is 15.5. The van der Waals surface area contributed by atoms with Crippen molar-refractivity contribution in [1.29, 1.82) is 0 Å². The predicted octanol–water partition coefficient (Wildman–Crippen LogP) is 4.64. The maximum absolute atomic E-state index is 13.7. The van der Waals surface area contributed by atoms with Crippen LogP contribution in [0.2, 0.25) is 0 Å². The van der Waals surface area contributed by atoms with Gasteiger partial charge < -0.3 is 9.88 Å². The zero-order valence-electron chi connectivity index (χ0n) is 13.5. The summed E-state index contributed by atoms with van der Waals surface area (Å²) in [5.41, 5.74) is 1.06. The first-order valence-electron chi connectivity index (χ1n) is 7.27. The van der Waals surface area contributed by atoms with Gasteiger partial charge in [-0.15, -0.1) is 11.3 Å². The van der Waals surface area contributed by atoms with E-state index in [1.807, 2.05) is 37.7 Å². The number of hydrogen-bond acceptors (Lipinski definition) is 4. The summed E-state index contributed by atoms with van der Waals surface area (Å²) in [7, 11) is 1.88. The van der Waals surface area contributed by atoms with E-state index in [1.54, 1.807) is 23.6 Å². The molecule has 1 N–H and O–H groups in total. The smallest absolute Gasteiger partial charge is 0.256 e. The fourth-order valence-corrected chi connectivity index (χ4v) is 4.08. The third-order valence-electron chi connectivity index (χ3n) is 3.45. The number of thiophene rings is 1. The number of hydrogen-bond donors (Lipinski definition) is 1. The molecule has 0 atom stereocenters. The van der Waals surface area contributed by atoms with Gasteiger partial charge in [-0.3, -0.25) is 4.79 Å². The third-order valence-corrected chi connectivity index (χ3v) is 5.57. The Morgan fingerprint density at radius 1 is 1.33 bits per heavy atom. The van der Waals surface area contributed by atoms with E-state index in [0.717, 1.165) is 19.8 Å². The minimum atomic E-state index is -0.396. The van der Waals surface area contributed by atoms with Crippen molar-refractivity contribution < 1.29 is 9.18 Å². The predicted molar refractivity (Wildman–Crippen MR) is 95.5 cm³/mol. The van der Waals surface area contributed by atoms with Gasteiger partial charge in [0.2, 0.25) is 0 Å². The maximum Gasteiger partial charge on any atom is 0.256 e. The van der Waals surface area contributed by atoms with E-state index in [4.69, 9.17) is 0 Å². The van der Waals surface area contributed by atoms with Gasteiger partial charge in [0, 0.05) is 34.1 Å². The zero-order chi connectivity index (χ0) is 17.3. The van der Waals surface area contributed by atoms with Crippen LogP contribution in [0, 0.1) is 19.7 Å². The van der Waals surface area contributed by atoms with Crippen LogP contribution in [0.15, 0.2) is 46.7 Å². The second-order valence-corrected chi connectivity index (χ2v) is 7.81. The highest BCUT2D eigenvalue weighted by Crippen LogP contribution is 2.33. The Morgan fingerprint density at radius 2 is 2.12 bits per heavy atom. The van der Waals surface area contributed by atoms with Crippen LogP contribution in [0.1, 0.15) is 20.1 Å². The third kappa shape index (κ3) is 3.52. The summed E-state index contributed by atoms with van der Waals surface area (Å²) in [5, 5.41) is 3.59. The molecule has 0 saturated carbocycles. The second kappa shape index (κ2) is 6.78. The Morgan fingerprint density at radius 3 is 2.75 bits per heavy atom. The molecule has 124 valence electrons. The van der Waals surface area contributed by atoms with Crippen molar-refractivity contribution in [2.24, 2.45) is 7.05 Å². The molecule has 4 nitrogen and oxygen atoms in total. The van der Waals surface area contributed by atoms with Gasteiger partial charge in [-0.2, -0.15) is 0 Å². The van der Waals surface area contributed by atoms with Crippen molar-refractivity contribution in [2.45, 2.75) is 23.9 Å². The van der Waals surface area contributed by atoms with Gasteiger partial charge >= 0.3 is 0 Å². The lowest BCUT2D eigenvalue weighted by molar-refractivity contribution is 0.102. The molecule has 7 heteroatoms. The SMILES string of the molecule is Cc1cc(C(=O)Nc2cc(F)ccc2Sc2nccn2C)c(C)s1. The van der Waals surface area contributed by atoms with E-state index in [2.05, 4.69) is 10.3 Å². The van der Waals surface area contributed by atoms with Crippen molar-refractivity contribution in [3.63, 3.8) is 0 Å². The van der Waals surface area contributed by atoms with Crippen molar-refractivity contribution in [1.82, 2.24) is 9.55 Å². The Kier molecular flexibility index (Phi) is 4.73. The molecule has 2 heterocycles. The number of aryl methyl sites for hydroxylation is 3. The van der Waals surface area contributed by atoms with Crippen LogP contribution in [0.25, 0.3) is 0 Å². The lowest BCUT2D eigenvalue weighted by Gasteiger charge is -2.11. The van der Waals surface area contributed by atoms with Crippen LogP contribution >= 0.6 is 23.1 Å². The van der Waals surface area contributed by atoms with Crippen LogP contribution in [0.4, 0.5) is 10.1 Å². The molecule has 0 saturated heterocycles. The molecule has 0 spiro atoms. The van der Waals surface area contributed by atoms with Crippen molar-refractivity contribution >= 4 is 34.7 Å². The first-order valence-corrected chi connectivity index (χ1v) is 8.90. The lowest BCUT2D eigenvalue weighted by Crippen LogP contribution is -2.13. The van der Waals surface area contributed by atoms with E-state index < -0.39 is 5.82 Å². The molecular weight excluding hydrogens is 345 g/mol. The Hall–Kier alpha value is -2.12. The van der Waals surface area contributed by atoms with E-state index in [1.165, 1.54) is 23.9 Å². The first kappa shape index (κ1) is 16.7. The lowest BCUT2D eigenvalue weighted by atomic mass is 10.2. The second-order valence-electron chi connectivity index (χ2n) is 5.34. The fraction of sp³-hybridized carbons (Fsp3) is 0.176. The van der Waals surface area contributed by atoms with Gasteiger partial charge in [-0.25, -0.2) is 9.37 Å². The van der Waals surface area contributed by atoms with E-state index in [-0.39, 0.29) is 5.91 Å². The summed E-state index contributed by atoms with van der Waals surface area (Å²) in [4.78, 5) is 19.5. The van der Waals surface area contributed by atoms with Crippen LogP contribution < -0.4 is 5.32 Å². The Balaban J connectivity index is 1.89. The average molecular weight is 361 g/mol. The summed E-state index contributed by atoms with van der Waals surface area (Å²) in [5.74, 6) is -0.628. The quantitative estimate of drug-likeness (QED) is 0.736. The van der Waals surface area contributed by atoms with E-state index in [0.29, 0.717) is 11.3 Å². The molecule has 1 aromatic carbocycles. The number of benzene rings is 1. The van der Waals surface area contributed by atoms with Crippen molar-refractivity contribution in [2.75, 3.05) is 5.32 Å². The highest BCUT2D eigenvalue weighted by atomic mass is 32.2. The van der Waals surface area contributed by atoms with Crippen LogP contribution in [0.5, 0.6) is 0 Å². The number of carbonyl (C=O) groups is 1. The number of anilines is 1. The molecule has 3 aromatic rings. The molecule has 3 rings (SSSR count). The van der Waals surface area contributed by atoms with Gasteiger partial charge in [0.1, 0.15) is 5.82 Å². The number of nitrogens with zero attached hydrogens (tertiary/aromatic N) is 2. The molecule has 0 radical (unpaired) electrons. The summed E-state index contributed by atoms with van der Waals surface area (Å²) in [6, 6.07) is 6.20. The molecule has 0 aliphatic rings. The number of amides is 1. The normalized spacial score (nSPS) is 10.8. The largest absolute Gasteiger partial charge is 0.329 e. The number of aromatic nitrogens is 2. The molecule has 1 amide bonds. The first-order chi connectivity index (χ1) is 11.4. The van der Waals surface area contributed by atoms with Crippen LogP contribution in [-0.2, 0) is 7.05 Å². The topological polar surface area (TPSA) is 46.9 Å². The standard InChI is InChI=1S/C17H16FN3OS2/c1-10-8-13(11(2)23-10)16(22)20-14-9-12(18)4-5-15(14)24-17-19-6-7-21(17)3/h4-9H,1-3H3,(H,20,22).